The Balaban J connectivity index is 1.97. The molecule has 6 heteroatoms. The van der Waals surface area contributed by atoms with Crippen molar-refractivity contribution in [2.24, 2.45) is 0 Å². The quantitative estimate of drug-likeness (QED) is 0.811. The van der Waals surface area contributed by atoms with Gasteiger partial charge in [-0.2, -0.15) is 0 Å². The van der Waals surface area contributed by atoms with E-state index in [4.69, 9.17) is 23.2 Å². The fourth-order valence-electron chi connectivity index (χ4n) is 2.45. The molecule has 0 heterocycles. The zero-order valence-electron chi connectivity index (χ0n) is 14.2. The molecule has 0 aliphatic carbocycles. The fraction of sp³-hybridized carbons (Fsp3) is 0.263. The Morgan fingerprint density at radius 2 is 1.80 bits per heavy atom. The monoisotopic (exact) mass is 378 g/mol. The third-order valence-corrected chi connectivity index (χ3v) is 4.71. The predicted molar refractivity (Wildman–Crippen MR) is 102 cm³/mol. The predicted octanol–water partition coefficient (Wildman–Crippen LogP) is 4.36. The van der Waals surface area contributed by atoms with E-state index >= 15 is 0 Å². The van der Waals surface area contributed by atoms with Crippen LogP contribution in [0.25, 0.3) is 0 Å². The van der Waals surface area contributed by atoms with Crippen molar-refractivity contribution >= 4 is 40.7 Å². The van der Waals surface area contributed by atoms with E-state index in [0.29, 0.717) is 22.3 Å². The Bertz CT molecular complexity index is 778. The maximum Gasteiger partial charge on any atom is 0.223 e. The summed E-state index contributed by atoms with van der Waals surface area (Å²) in [4.78, 5) is 25.5. The molecule has 0 aliphatic rings. The van der Waals surface area contributed by atoms with E-state index < -0.39 is 0 Å². The van der Waals surface area contributed by atoms with Crippen LogP contribution in [-0.4, -0.2) is 18.4 Å². The zero-order valence-corrected chi connectivity index (χ0v) is 15.7. The van der Waals surface area contributed by atoms with Crippen molar-refractivity contribution < 1.29 is 9.59 Å². The first kappa shape index (κ1) is 19.3. The molecule has 2 aromatic rings. The molecular weight excluding hydrogens is 359 g/mol. The summed E-state index contributed by atoms with van der Waals surface area (Å²) in [7, 11) is 0. The molecule has 1 N–H and O–H groups in total. The highest BCUT2D eigenvalue weighted by atomic mass is 35.5. The minimum absolute atomic E-state index is 0.132. The highest BCUT2D eigenvalue weighted by Crippen LogP contribution is 2.32. The lowest BCUT2D eigenvalue weighted by atomic mass is 10.1. The Hall–Kier alpha value is -2.04. The normalized spacial score (nSPS) is 10.4. The summed E-state index contributed by atoms with van der Waals surface area (Å²) in [6.45, 7) is 4.13. The largest absolute Gasteiger partial charge is 0.352 e. The van der Waals surface area contributed by atoms with Crippen LogP contribution in [0.15, 0.2) is 42.5 Å². The molecule has 0 bridgehead atoms. The average Bonchev–Trinajstić information content (AvgIpc) is 2.57. The fourth-order valence-corrected chi connectivity index (χ4v) is 2.85. The second kappa shape index (κ2) is 8.88. The lowest BCUT2D eigenvalue weighted by Crippen LogP contribution is -2.34. The molecule has 4 nitrogen and oxygen atoms in total. The summed E-state index contributed by atoms with van der Waals surface area (Å²) in [5.74, 6) is -0.330. The number of anilines is 1. The molecule has 0 atom stereocenters. The van der Waals surface area contributed by atoms with E-state index in [0.717, 1.165) is 11.1 Å². The van der Waals surface area contributed by atoms with Gasteiger partial charge in [0.1, 0.15) is 0 Å². The highest BCUT2D eigenvalue weighted by Gasteiger charge is 2.17. The van der Waals surface area contributed by atoms with Crippen LogP contribution in [0, 0.1) is 6.92 Å². The number of nitrogens with zero attached hydrogens (tertiary/aromatic N) is 1. The van der Waals surface area contributed by atoms with Crippen LogP contribution in [0.3, 0.4) is 0 Å². The molecule has 0 aliphatic heterocycles. The van der Waals surface area contributed by atoms with Gasteiger partial charge in [-0.25, -0.2) is 0 Å². The summed E-state index contributed by atoms with van der Waals surface area (Å²) < 4.78 is 0. The topological polar surface area (TPSA) is 49.4 Å². The van der Waals surface area contributed by atoms with Crippen molar-refractivity contribution in [1.29, 1.82) is 0 Å². The van der Waals surface area contributed by atoms with Gasteiger partial charge in [0.25, 0.3) is 0 Å². The SMILES string of the molecule is CC(=O)N(CCC(=O)NCc1ccccc1C)c1cccc(Cl)c1Cl. The van der Waals surface area contributed by atoms with E-state index in [-0.39, 0.29) is 24.8 Å². The number of amides is 2. The van der Waals surface area contributed by atoms with Crippen LogP contribution in [0.5, 0.6) is 0 Å². The van der Waals surface area contributed by atoms with E-state index in [1.807, 2.05) is 31.2 Å². The van der Waals surface area contributed by atoms with Crippen molar-refractivity contribution in [3.8, 4) is 0 Å². The minimum Gasteiger partial charge on any atom is -0.352 e. The Kier molecular flexibility index (Phi) is 6.85. The lowest BCUT2D eigenvalue weighted by molar-refractivity contribution is -0.121. The van der Waals surface area contributed by atoms with Crippen LogP contribution in [0.2, 0.25) is 10.0 Å². The molecule has 0 unspecified atom stereocenters. The second-order valence-electron chi connectivity index (χ2n) is 5.70. The van der Waals surface area contributed by atoms with Crippen molar-refractivity contribution in [3.05, 3.63) is 63.6 Å². The summed E-state index contributed by atoms with van der Waals surface area (Å²) in [5, 5.41) is 3.55. The molecule has 2 aromatic carbocycles. The van der Waals surface area contributed by atoms with Crippen molar-refractivity contribution in [2.45, 2.75) is 26.8 Å². The smallest absolute Gasteiger partial charge is 0.223 e. The molecular formula is C19H20Cl2N2O2. The number of carbonyl (C=O) groups excluding carboxylic acids is 2. The Labute approximate surface area is 157 Å². The molecule has 2 rings (SSSR count). The first-order valence-corrected chi connectivity index (χ1v) is 8.69. The van der Waals surface area contributed by atoms with Gasteiger partial charge in [-0.3, -0.25) is 9.59 Å². The number of hydrogen-bond acceptors (Lipinski definition) is 2. The molecule has 25 heavy (non-hydrogen) atoms. The maximum atomic E-state index is 12.1. The van der Waals surface area contributed by atoms with Crippen LogP contribution < -0.4 is 10.2 Å². The van der Waals surface area contributed by atoms with Gasteiger partial charge in [-0.15, -0.1) is 0 Å². The van der Waals surface area contributed by atoms with E-state index in [9.17, 15) is 9.59 Å². The summed E-state index contributed by atoms with van der Waals surface area (Å²) in [6.07, 6.45) is 0.175. The standard InChI is InChI=1S/C19H20Cl2N2O2/c1-13-6-3-4-7-15(13)12-22-18(25)10-11-23(14(2)24)17-9-5-8-16(20)19(17)21/h3-9H,10-12H2,1-2H3,(H,22,25). The van der Waals surface area contributed by atoms with Gasteiger partial charge >= 0.3 is 0 Å². The first-order valence-electron chi connectivity index (χ1n) is 7.93. The van der Waals surface area contributed by atoms with Crippen LogP contribution in [-0.2, 0) is 16.1 Å². The maximum absolute atomic E-state index is 12.1. The molecule has 0 saturated carbocycles. The average molecular weight is 379 g/mol. The number of hydrogen-bond donors (Lipinski definition) is 1. The first-order chi connectivity index (χ1) is 11.9. The van der Waals surface area contributed by atoms with Crippen LogP contribution in [0.1, 0.15) is 24.5 Å². The number of nitrogens with one attached hydrogen (secondary N) is 1. The third-order valence-electron chi connectivity index (χ3n) is 3.90. The van der Waals surface area contributed by atoms with Crippen LogP contribution >= 0.6 is 23.2 Å². The van der Waals surface area contributed by atoms with E-state index in [1.165, 1.54) is 11.8 Å². The summed E-state index contributed by atoms with van der Waals surface area (Å²) in [6, 6.07) is 13.0. The summed E-state index contributed by atoms with van der Waals surface area (Å²) >= 11 is 12.2. The van der Waals surface area contributed by atoms with Gasteiger partial charge < -0.3 is 10.2 Å². The number of halogens is 2. The molecule has 132 valence electrons. The number of rotatable bonds is 6. The second-order valence-corrected chi connectivity index (χ2v) is 6.48. The van der Waals surface area contributed by atoms with Crippen molar-refractivity contribution in [2.75, 3.05) is 11.4 Å². The molecule has 2 amide bonds. The van der Waals surface area contributed by atoms with Gasteiger partial charge in [-0.05, 0) is 30.2 Å². The van der Waals surface area contributed by atoms with Crippen LogP contribution in [0.4, 0.5) is 5.69 Å². The molecule has 0 radical (unpaired) electrons. The minimum atomic E-state index is -0.198. The third kappa shape index (κ3) is 5.21. The van der Waals surface area contributed by atoms with Crippen molar-refractivity contribution in [3.63, 3.8) is 0 Å². The van der Waals surface area contributed by atoms with Gasteiger partial charge in [0.05, 0.1) is 15.7 Å². The lowest BCUT2D eigenvalue weighted by Gasteiger charge is -2.22. The molecule has 0 aromatic heterocycles. The zero-order chi connectivity index (χ0) is 18.4. The molecule has 0 fully saturated rings. The number of carbonyl (C=O) groups is 2. The van der Waals surface area contributed by atoms with Gasteiger partial charge in [0.15, 0.2) is 0 Å². The molecule has 0 spiro atoms. The van der Waals surface area contributed by atoms with Gasteiger partial charge in [0, 0.05) is 26.4 Å². The Morgan fingerprint density at radius 1 is 1.08 bits per heavy atom. The van der Waals surface area contributed by atoms with Gasteiger partial charge in [0.2, 0.25) is 11.8 Å². The number of benzene rings is 2. The van der Waals surface area contributed by atoms with E-state index in [1.54, 1.807) is 18.2 Å². The highest BCUT2D eigenvalue weighted by molar-refractivity contribution is 6.44. The number of aryl methyl sites for hydroxylation is 1. The Morgan fingerprint density at radius 3 is 2.48 bits per heavy atom. The van der Waals surface area contributed by atoms with Crippen molar-refractivity contribution in [1.82, 2.24) is 5.32 Å². The molecule has 0 saturated heterocycles. The van der Waals surface area contributed by atoms with Gasteiger partial charge in [-0.1, -0.05) is 53.5 Å². The summed E-state index contributed by atoms with van der Waals surface area (Å²) in [5.41, 5.74) is 2.70. The van der Waals surface area contributed by atoms with E-state index in [2.05, 4.69) is 5.32 Å².